The molecule has 38 heavy (non-hydrogen) atoms. The van der Waals surface area contributed by atoms with E-state index >= 15 is 0 Å². The molecule has 0 bridgehead atoms. The number of allylic oxidation sites excluding steroid dienone is 5. The largest absolute Gasteiger partial charge is 0.502 e. The maximum Gasteiger partial charge on any atom is 0.410 e. The van der Waals surface area contributed by atoms with Gasteiger partial charge in [-0.3, -0.25) is 0 Å². The molecule has 5 heteroatoms. The minimum Gasteiger partial charge on any atom is -0.502 e. The SMILES string of the molecule is C/C=C\C.C=C1CC(C2CCN(C(=O)OC(C)(C)C)CC2)c2ccc(Cl)cc2C=C1CC=COCC.CC. The van der Waals surface area contributed by atoms with Gasteiger partial charge in [-0.05, 0) is 114 Å². The second-order valence-corrected chi connectivity index (χ2v) is 10.8. The molecule has 212 valence electrons. The van der Waals surface area contributed by atoms with Gasteiger partial charge in [-0.15, -0.1) is 0 Å². The second kappa shape index (κ2) is 17.2. The van der Waals surface area contributed by atoms with Gasteiger partial charge in [0.2, 0.25) is 0 Å². The van der Waals surface area contributed by atoms with E-state index < -0.39 is 5.60 Å². The van der Waals surface area contributed by atoms with Gasteiger partial charge in [-0.1, -0.05) is 61.9 Å². The van der Waals surface area contributed by atoms with E-state index in [0.717, 1.165) is 49.4 Å². The van der Waals surface area contributed by atoms with Crippen molar-refractivity contribution in [1.82, 2.24) is 4.90 Å². The Hall–Kier alpha value is -2.46. The van der Waals surface area contributed by atoms with Crippen molar-refractivity contribution in [2.24, 2.45) is 5.92 Å². The van der Waals surface area contributed by atoms with Crippen molar-refractivity contribution in [1.29, 1.82) is 0 Å². The molecule has 1 aliphatic heterocycles. The number of nitrogens with zero attached hydrogens (tertiary/aromatic N) is 1. The molecule has 1 aromatic rings. The van der Waals surface area contributed by atoms with Gasteiger partial charge < -0.3 is 14.4 Å². The van der Waals surface area contributed by atoms with Crippen LogP contribution in [-0.4, -0.2) is 36.3 Å². The first-order valence-corrected chi connectivity index (χ1v) is 14.5. The molecule has 1 fully saturated rings. The summed E-state index contributed by atoms with van der Waals surface area (Å²) in [5, 5.41) is 0.746. The Kier molecular flexibility index (Phi) is 15.2. The van der Waals surface area contributed by atoms with Crippen LogP contribution in [0.15, 0.2) is 60.4 Å². The molecule has 4 nitrogen and oxygen atoms in total. The molecule has 1 aromatic carbocycles. The van der Waals surface area contributed by atoms with Gasteiger partial charge >= 0.3 is 6.09 Å². The minimum atomic E-state index is -0.468. The summed E-state index contributed by atoms with van der Waals surface area (Å²) < 4.78 is 10.9. The van der Waals surface area contributed by atoms with E-state index in [1.165, 1.54) is 16.7 Å². The standard InChI is InChI=1S/C27H36ClNO3.C4H8.C2H6/c1-6-31-15-7-8-21-17-22-18-23(28)9-10-24(22)25(16-19(21)2)20-11-13-29(14-12-20)26(30)32-27(3,4)5;1-3-4-2;1-2/h7,9-10,15,17-18,20,25H,2,6,8,11-14,16H2,1,3-5H3;3-4H,1-2H3;1-2H3/b;4-3-;. The number of carbonyl (C=O) groups is 1. The number of piperidine rings is 1. The highest BCUT2D eigenvalue weighted by molar-refractivity contribution is 6.30. The van der Waals surface area contributed by atoms with Gasteiger partial charge in [0, 0.05) is 18.1 Å². The third kappa shape index (κ3) is 11.1. The Bertz CT molecular complexity index is 959. The molecule has 0 spiro atoms. The molecule has 1 unspecified atom stereocenters. The van der Waals surface area contributed by atoms with Crippen molar-refractivity contribution in [3.8, 4) is 0 Å². The lowest BCUT2D eigenvalue weighted by Crippen LogP contribution is -2.42. The minimum absolute atomic E-state index is 0.210. The Morgan fingerprint density at radius 3 is 2.34 bits per heavy atom. The molecule has 2 aliphatic rings. The summed E-state index contributed by atoms with van der Waals surface area (Å²) in [7, 11) is 0. The maximum atomic E-state index is 12.5. The summed E-state index contributed by atoms with van der Waals surface area (Å²) in [6.45, 7) is 22.2. The van der Waals surface area contributed by atoms with Crippen molar-refractivity contribution >= 4 is 23.8 Å². The number of likely N-dealkylation sites (tertiary alicyclic amines) is 1. The van der Waals surface area contributed by atoms with Crippen molar-refractivity contribution in [3.63, 3.8) is 0 Å². The van der Waals surface area contributed by atoms with Gasteiger partial charge in [-0.25, -0.2) is 4.79 Å². The molecule has 1 saturated heterocycles. The molecule has 1 atom stereocenters. The van der Waals surface area contributed by atoms with Gasteiger partial charge in [0.05, 0.1) is 12.9 Å². The number of rotatable bonds is 5. The fourth-order valence-corrected chi connectivity index (χ4v) is 4.76. The van der Waals surface area contributed by atoms with Crippen LogP contribution < -0.4 is 0 Å². The van der Waals surface area contributed by atoms with E-state index in [0.29, 0.717) is 18.4 Å². The summed E-state index contributed by atoms with van der Waals surface area (Å²) in [6.07, 6.45) is 13.5. The zero-order valence-electron chi connectivity index (χ0n) is 25.0. The zero-order chi connectivity index (χ0) is 28.7. The lowest BCUT2D eigenvalue weighted by Gasteiger charge is -2.37. The van der Waals surface area contributed by atoms with E-state index in [-0.39, 0.29) is 6.09 Å². The molecule has 1 heterocycles. The lowest BCUT2D eigenvalue weighted by molar-refractivity contribution is 0.0173. The first kappa shape index (κ1) is 33.6. The van der Waals surface area contributed by atoms with Crippen LogP contribution in [0.5, 0.6) is 0 Å². The molecule has 0 radical (unpaired) electrons. The van der Waals surface area contributed by atoms with E-state index in [1.54, 1.807) is 6.26 Å². The highest BCUT2D eigenvalue weighted by Crippen LogP contribution is 2.43. The summed E-state index contributed by atoms with van der Waals surface area (Å²) >= 11 is 6.36. The van der Waals surface area contributed by atoms with Crippen LogP contribution in [0.3, 0.4) is 0 Å². The fourth-order valence-electron chi connectivity index (χ4n) is 4.58. The monoisotopic (exact) mass is 543 g/mol. The topological polar surface area (TPSA) is 38.8 Å². The van der Waals surface area contributed by atoms with Crippen LogP contribution >= 0.6 is 11.6 Å². The average molecular weight is 544 g/mol. The van der Waals surface area contributed by atoms with Crippen LogP contribution in [0.25, 0.3) is 6.08 Å². The zero-order valence-corrected chi connectivity index (χ0v) is 25.7. The van der Waals surface area contributed by atoms with Gasteiger partial charge in [0.15, 0.2) is 0 Å². The number of halogens is 1. The third-order valence-electron chi connectivity index (χ3n) is 6.49. The molecule has 0 aromatic heterocycles. The number of hydrogen-bond donors (Lipinski definition) is 0. The van der Waals surface area contributed by atoms with Crippen molar-refractivity contribution in [2.75, 3.05) is 19.7 Å². The number of hydrogen-bond acceptors (Lipinski definition) is 3. The maximum absolute atomic E-state index is 12.5. The Balaban J connectivity index is 0.00000110. The Morgan fingerprint density at radius 1 is 1.16 bits per heavy atom. The van der Waals surface area contributed by atoms with E-state index in [9.17, 15) is 4.79 Å². The van der Waals surface area contributed by atoms with Crippen molar-refractivity contribution in [3.05, 3.63) is 76.6 Å². The summed E-state index contributed by atoms with van der Waals surface area (Å²) in [4.78, 5) is 14.3. The average Bonchev–Trinajstić information content (AvgIpc) is 3.03. The predicted molar refractivity (Wildman–Crippen MR) is 164 cm³/mol. The molecule has 0 saturated carbocycles. The highest BCUT2D eigenvalue weighted by Gasteiger charge is 2.33. The Morgan fingerprint density at radius 2 is 1.79 bits per heavy atom. The van der Waals surface area contributed by atoms with Crippen molar-refractivity contribution in [2.45, 2.75) is 92.6 Å². The quantitative estimate of drug-likeness (QED) is 0.274. The van der Waals surface area contributed by atoms with Crippen LogP contribution in [0.2, 0.25) is 5.02 Å². The number of ether oxygens (including phenoxy) is 2. The summed E-state index contributed by atoms with van der Waals surface area (Å²) in [5.74, 6) is 0.845. The van der Waals surface area contributed by atoms with Crippen LogP contribution in [0.4, 0.5) is 4.79 Å². The van der Waals surface area contributed by atoms with Crippen LogP contribution in [0, 0.1) is 5.92 Å². The fraction of sp³-hybridized carbons (Fsp3) is 0.545. The molecule has 3 rings (SSSR count). The number of carbonyl (C=O) groups excluding carboxylic acids is 1. The summed E-state index contributed by atoms with van der Waals surface area (Å²) in [5.41, 5.74) is 4.42. The third-order valence-corrected chi connectivity index (χ3v) is 6.72. The molecular formula is C33H50ClNO3. The number of benzene rings is 1. The molecule has 1 aliphatic carbocycles. The number of amides is 1. The second-order valence-electron chi connectivity index (χ2n) is 10.4. The van der Waals surface area contributed by atoms with E-state index in [2.05, 4.69) is 24.8 Å². The van der Waals surface area contributed by atoms with Crippen LogP contribution in [-0.2, 0) is 9.47 Å². The molecule has 0 N–H and O–H groups in total. The lowest BCUT2D eigenvalue weighted by atomic mass is 9.76. The molecular weight excluding hydrogens is 494 g/mol. The first-order valence-electron chi connectivity index (χ1n) is 14.1. The predicted octanol–water partition coefficient (Wildman–Crippen LogP) is 9.96. The van der Waals surface area contributed by atoms with Crippen molar-refractivity contribution < 1.29 is 14.3 Å². The van der Waals surface area contributed by atoms with E-state index in [1.807, 2.05) is 84.6 Å². The van der Waals surface area contributed by atoms with E-state index in [4.69, 9.17) is 21.1 Å². The van der Waals surface area contributed by atoms with Gasteiger partial charge in [0.1, 0.15) is 5.60 Å². The van der Waals surface area contributed by atoms with Gasteiger partial charge in [-0.2, -0.15) is 0 Å². The smallest absolute Gasteiger partial charge is 0.410 e. The highest BCUT2D eigenvalue weighted by atomic mass is 35.5. The first-order chi connectivity index (χ1) is 18.1. The molecule has 1 amide bonds. The van der Waals surface area contributed by atoms with Crippen LogP contribution in [0.1, 0.15) is 98.1 Å². The number of fused-ring (bicyclic) bond motifs is 1. The summed E-state index contributed by atoms with van der Waals surface area (Å²) in [6, 6.07) is 6.22. The van der Waals surface area contributed by atoms with Gasteiger partial charge in [0.25, 0.3) is 0 Å². The normalized spacial score (nSPS) is 18.0. The Labute approximate surface area is 237 Å².